The molecule has 3 rings (SSSR count). The van der Waals surface area contributed by atoms with E-state index in [4.69, 9.17) is 32.7 Å². The number of ether oxygens (including phenoxy) is 2. The van der Waals surface area contributed by atoms with Crippen molar-refractivity contribution in [3.63, 3.8) is 0 Å². The van der Waals surface area contributed by atoms with Gasteiger partial charge in [0.2, 0.25) is 5.79 Å². The predicted molar refractivity (Wildman–Crippen MR) is 81.4 cm³/mol. The molecule has 1 unspecified atom stereocenters. The third kappa shape index (κ3) is 2.80. The topological polar surface area (TPSA) is 38.7 Å². The van der Waals surface area contributed by atoms with Crippen molar-refractivity contribution in [2.24, 2.45) is 0 Å². The Balaban J connectivity index is 2.00. The molecule has 1 saturated heterocycles. The molecule has 1 atom stereocenters. The number of rotatable bonds is 3. The summed E-state index contributed by atoms with van der Waals surface area (Å²) in [6.45, 7) is 0.848. The summed E-state index contributed by atoms with van der Waals surface area (Å²) < 4.78 is 11.5. The largest absolute Gasteiger partial charge is 0.382 e. The molecule has 0 spiro atoms. The Morgan fingerprint density at radius 2 is 1.33 bits per heavy atom. The zero-order chi connectivity index (χ0) is 14.9. The number of benzene rings is 2. The fraction of sp³-hybridized carbons (Fsp3) is 0.250. The fourth-order valence-electron chi connectivity index (χ4n) is 2.46. The van der Waals surface area contributed by atoms with Gasteiger partial charge in [-0.1, -0.05) is 47.5 Å². The fourth-order valence-corrected chi connectivity index (χ4v) is 2.71. The van der Waals surface area contributed by atoms with Gasteiger partial charge in [0.1, 0.15) is 6.10 Å². The monoisotopic (exact) mass is 324 g/mol. The van der Waals surface area contributed by atoms with E-state index < -0.39 is 11.9 Å². The molecule has 3 nitrogen and oxygen atoms in total. The third-order valence-corrected chi connectivity index (χ3v) is 4.01. The van der Waals surface area contributed by atoms with Crippen LogP contribution in [0.3, 0.4) is 0 Å². The molecular formula is C16H14Cl2O3. The van der Waals surface area contributed by atoms with Crippen LogP contribution in [0.4, 0.5) is 0 Å². The third-order valence-electron chi connectivity index (χ3n) is 3.51. The number of hydrogen-bond acceptors (Lipinski definition) is 3. The summed E-state index contributed by atoms with van der Waals surface area (Å²) in [6.07, 6.45) is -0.960. The van der Waals surface area contributed by atoms with Crippen LogP contribution in [-0.2, 0) is 15.3 Å². The predicted octanol–water partition coefficient (Wildman–Crippen LogP) is 3.93. The minimum atomic E-state index is -1.21. The van der Waals surface area contributed by atoms with Gasteiger partial charge in [0.25, 0.3) is 0 Å². The van der Waals surface area contributed by atoms with Gasteiger partial charge in [-0.25, -0.2) is 0 Å². The van der Waals surface area contributed by atoms with E-state index in [2.05, 4.69) is 0 Å². The first-order chi connectivity index (χ1) is 10.1. The van der Waals surface area contributed by atoms with Crippen LogP contribution in [0.15, 0.2) is 48.5 Å². The molecule has 0 aromatic heterocycles. The minimum Gasteiger partial charge on any atom is -0.382 e. The highest BCUT2D eigenvalue weighted by atomic mass is 35.5. The van der Waals surface area contributed by atoms with E-state index in [9.17, 15) is 5.11 Å². The maximum atomic E-state index is 10.8. The highest BCUT2D eigenvalue weighted by Crippen LogP contribution is 2.43. The lowest BCUT2D eigenvalue weighted by Gasteiger charge is -2.33. The SMILES string of the molecule is OC(c1ccc(Cl)cc1)C1(c2ccc(Cl)cc2)OCCO1. The van der Waals surface area contributed by atoms with E-state index >= 15 is 0 Å². The summed E-state index contributed by atoms with van der Waals surface area (Å²) in [5, 5.41) is 12.0. The Morgan fingerprint density at radius 1 is 0.857 bits per heavy atom. The van der Waals surface area contributed by atoms with E-state index in [1.165, 1.54) is 0 Å². The molecule has 0 amide bonds. The maximum Gasteiger partial charge on any atom is 0.226 e. The van der Waals surface area contributed by atoms with Gasteiger partial charge in [-0.05, 0) is 29.8 Å². The van der Waals surface area contributed by atoms with Gasteiger partial charge in [-0.3, -0.25) is 0 Å². The van der Waals surface area contributed by atoms with Gasteiger partial charge in [0.05, 0.1) is 13.2 Å². The van der Waals surface area contributed by atoms with Crippen molar-refractivity contribution in [3.8, 4) is 0 Å². The van der Waals surface area contributed by atoms with Crippen molar-refractivity contribution >= 4 is 23.2 Å². The summed E-state index contributed by atoms with van der Waals surface area (Å²) in [5.41, 5.74) is 1.41. The van der Waals surface area contributed by atoms with E-state index in [-0.39, 0.29) is 0 Å². The first kappa shape index (κ1) is 14.8. The zero-order valence-electron chi connectivity index (χ0n) is 11.1. The van der Waals surface area contributed by atoms with E-state index in [0.29, 0.717) is 28.8 Å². The Labute approximate surface area is 133 Å². The minimum absolute atomic E-state index is 0.424. The summed E-state index contributed by atoms with van der Waals surface area (Å²) in [6, 6.07) is 14.1. The van der Waals surface area contributed by atoms with Crippen molar-refractivity contribution in [2.75, 3.05) is 13.2 Å². The number of halogens is 2. The molecule has 0 radical (unpaired) electrons. The highest BCUT2D eigenvalue weighted by molar-refractivity contribution is 6.30. The maximum absolute atomic E-state index is 10.8. The molecule has 1 fully saturated rings. The molecule has 1 N–H and O–H groups in total. The molecule has 0 aliphatic carbocycles. The molecule has 1 aliphatic heterocycles. The molecule has 2 aromatic rings. The van der Waals surface area contributed by atoms with Crippen LogP contribution in [0, 0.1) is 0 Å². The number of aliphatic hydroxyl groups excluding tert-OH is 1. The van der Waals surface area contributed by atoms with Crippen LogP contribution in [0.1, 0.15) is 17.2 Å². The van der Waals surface area contributed by atoms with Crippen molar-refractivity contribution in [1.29, 1.82) is 0 Å². The molecule has 2 aromatic carbocycles. The highest BCUT2D eigenvalue weighted by Gasteiger charge is 2.46. The van der Waals surface area contributed by atoms with Crippen LogP contribution < -0.4 is 0 Å². The van der Waals surface area contributed by atoms with Gasteiger partial charge in [-0.2, -0.15) is 0 Å². The number of aliphatic hydroxyl groups is 1. The van der Waals surface area contributed by atoms with Gasteiger partial charge in [0, 0.05) is 15.6 Å². The Bertz CT molecular complexity index is 604. The van der Waals surface area contributed by atoms with Crippen LogP contribution in [0.5, 0.6) is 0 Å². The Morgan fingerprint density at radius 3 is 1.86 bits per heavy atom. The second-order valence-corrected chi connectivity index (χ2v) is 5.70. The first-order valence-electron chi connectivity index (χ1n) is 6.59. The smallest absolute Gasteiger partial charge is 0.226 e. The molecule has 1 aliphatic rings. The summed E-state index contributed by atoms with van der Waals surface area (Å²) in [7, 11) is 0. The van der Waals surface area contributed by atoms with E-state index in [0.717, 1.165) is 5.56 Å². The van der Waals surface area contributed by atoms with Crippen molar-refractivity contribution < 1.29 is 14.6 Å². The van der Waals surface area contributed by atoms with Crippen LogP contribution in [0.25, 0.3) is 0 Å². The van der Waals surface area contributed by atoms with Gasteiger partial charge in [-0.15, -0.1) is 0 Å². The lowest BCUT2D eigenvalue weighted by Crippen LogP contribution is -2.35. The van der Waals surface area contributed by atoms with Crippen LogP contribution in [0.2, 0.25) is 10.0 Å². The first-order valence-corrected chi connectivity index (χ1v) is 7.35. The quantitative estimate of drug-likeness (QED) is 0.929. The van der Waals surface area contributed by atoms with Crippen molar-refractivity contribution in [2.45, 2.75) is 11.9 Å². The average Bonchev–Trinajstić information content (AvgIpc) is 2.99. The molecule has 0 bridgehead atoms. The normalized spacial score (nSPS) is 18.6. The second kappa shape index (κ2) is 5.95. The summed E-state index contributed by atoms with van der Waals surface area (Å²) in [4.78, 5) is 0. The van der Waals surface area contributed by atoms with Crippen molar-refractivity contribution in [1.82, 2.24) is 0 Å². The van der Waals surface area contributed by atoms with Crippen LogP contribution in [-0.4, -0.2) is 18.3 Å². The molecule has 1 heterocycles. The lowest BCUT2D eigenvalue weighted by atomic mass is 9.94. The Hall–Kier alpha value is -1.10. The van der Waals surface area contributed by atoms with E-state index in [1.807, 2.05) is 0 Å². The van der Waals surface area contributed by atoms with Gasteiger partial charge < -0.3 is 14.6 Å². The summed E-state index contributed by atoms with van der Waals surface area (Å²) in [5.74, 6) is -1.21. The second-order valence-electron chi connectivity index (χ2n) is 4.83. The van der Waals surface area contributed by atoms with E-state index in [1.54, 1.807) is 48.5 Å². The average molecular weight is 325 g/mol. The molecule has 110 valence electrons. The molecule has 21 heavy (non-hydrogen) atoms. The Kier molecular flexibility index (Phi) is 4.20. The summed E-state index contributed by atoms with van der Waals surface area (Å²) >= 11 is 11.8. The van der Waals surface area contributed by atoms with Gasteiger partial charge >= 0.3 is 0 Å². The molecule has 5 heteroatoms. The zero-order valence-corrected chi connectivity index (χ0v) is 12.6. The number of hydrogen-bond donors (Lipinski definition) is 1. The van der Waals surface area contributed by atoms with Crippen molar-refractivity contribution in [3.05, 3.63) is 69.7 Å². The van der Waals surface area contributed by atoms with Gasteiger partial charge in [0.15, 0.2) is 0 Å². The van der Waals surface area contributed by atoms with Crippen LogP contribution >= 0.6 is 23.2 Å². The molecule has 0 saturated carbocycles. The standard InChI is InChI=1S/C16H14Cl2O3/c17-13-5-1-11(2-6-13)15(19)16(20-9-10-21-16)12-3-7-14(18)8-4-12/h1-8,15,19H,9-10H2. The lowest BCUT2D eigenvalue weighted by molar-refractivity contribution is -0.232. The molecular weight excluding hydrogens is 311 g/mol.